The van der Waals surface area contributed by atoms with Gasteiger partial charge in [-0.05, 0) is 66.8 Å². The molecule has 6 nitrogen and oxygen atoms in total. The van der Waals surface area contributed by atoms with E-state index in [1.807, 2.05) is 30.3 Å². The Labute approximate surface area is 175 Å². The number of ether oxygens (including phenoxy) is 1. The molecule has 1 aliphatic carbocycles. The van der Waals surface area contributed by atoms with Crippen LogP contribution in [0.3, 0.4) is 0 Å². The maximum atomic E-state index is 10.7. The number of benzene rings is 2. The van der Waals surface area contributed by atoms with Crippen LogP contribution in [-0.4, -0.2) is 17.1 Å². The molecular weight excluding hydrogens is 390 g/mol. The molecule has 0 aromatic heterocycles. The minimum atomic E-state index is -0.761. The molecule has 154 valence electrons. The second kappa shape index (κ2) is 10.2. The minimum Gasteiger partial charge on any atom is -0.445 e. The fraction of sp³-hybridized carbons (Fsp3) is 0.364. The highest BCUT2D eigenvalue weighted by atomic mass is 35.5. The zero-order valence-electron chi connectivity index (χ0n) is 16.2. The first-order valence-electron chi connectivity index (χ1n) is 9.78. The first kappa shape index (κ1) is 21.0. The number of amides is 1. The standard InChI is InChI=1S/C22H26ClN3O3/c23-19-2-1-3-20(13-19)25-21(26-28)12-15-4-8-17(9-5-15)18-10-6-16(7-11-18)14-29-22(24)27/h1-3,6-7,10-11,13,15,17,28H,4-5,8-9,12,14H2,(H2,24,27)(H,25,26)/t15-,17+. The normalized spacial score (nSPS) is 19.6. The number of carbonyl (C=O) groups excluding carboxylic acids is 1. The maximum Gasteiger partial charge on any atom is 0.404 e. The number of amidine groups is 1. The van der Waals surface area contributed by atoms with E-state index in [1.165, 1.54) is 5.56 Å². The zero-order valence-corrected chi connectivity index (χ0v) is 16.9. The van der Waals surface area contributed by atoms with Crippen LogP contribution in [0.15, 0.2) is 53.7 Å². The lowest BCUT2D eigenvalue weighted by atomic mass is 9.77. The number of carbonyl (C=O) groups is 1. The van der Waals surface area contributed by atoms with Crippen molar-refractivity contribution >= 4 is 29.2 Å². The lowest BCUT2D eigenvalue weighted by molar-refractivity contribution is 0.150. The summed E-state index contributed by atoms with van der Waals surface area (Å²) in [6.07, 6.45) is 4.29. The number of nitrogens with zero attached hydrogens (tertiary/aromatic N) is 1. The predicted molar refractivity (Wildman–Crippen MR) is 114 cm³/mol. The topological polar surface area (TPSA) is 96.9 Å². The molecule has 7 heteroatoms. The molecule has 1 saturated carbocycles. The molecule has 1 amide bonds. The van der Waals surface area contributed by atoms with E-state index in [9.17, 15) is 10.0 Å². The third-order valence-electron chi connectivity index (χ3n) is 5.39. The van der Waals surface area contributed by atoms with Crippen molar-refractivity contribution < 1.29 is 14.7 Å². The van der Waals surface area contributed by atoms with Gasteiger partial charge in [0.1, 0.15) is 12.4 Å². The van der Waals surface area contributed by atoms with E-state index in [-0.39, 0.29) is 6.61 Å². The highest BCUT2D eigenvalue weighted by Gasteiger charge is 2.24. The molecule has 0 unspecified atom stereocenters. The van der Waals surface area contributed by atoms with E-state index < -0.39 is 6.09 Å². The quantitative estimate of drug-likeness (QED) is 0.251. The molecule has 4 N–H and O–H groups in total. The van der Waals surface area contributed by atoms with Gasteiger partial charge in [0, 0.05) is 17.1 Å². The van der Waals surface area contributed by atoms with E-state index in [4.69, 9.17) is 22.1 Å². The van der Waals surface area contributed by atoms with Gasteiger partial charge in [-0.15, -0.1) is 0 Å². The maximum absolute atomic E-state index is 10.7. The molecule has 0 bridgehead atoms. The number of nitrogens with two attached hydrogens (primary N) is 1. The third kappa shape index (κ3) is 6.39. The van der Waals surface area contributed by atoms with Crippen molar-refractivity contribution in [2.24, 2.45) is 16.8 Å². The number of anilines is 1. The average Bonchev–Trinajstić information content (AvgIpc) is 2.73. The van der Waals surface area contributed by atoms with Gasteiger partial charge in [0.05, 0.1) is 0 Å². The van der Waals surface area contributed by atoms with Crippen LogP contribution in [0.1, 0.15) is 49.1 Å². The van der Waals surface area contributed by atoms with Crippen LogP contribution in [0.2, 0.25) is 5.02 Å². The van der Waals surface area contributed by atoms with E-state index in [0.29, 0.717) is 29.1 Å². The Bertz CT molecular complexity index is 847. The van der Waals surface area contributed by atoms with Crippen molar-refractivity contribution in [3.63, 3.8) is 0 Å². The van der Waals surface area contributed by atoms with E-state index in [2.05, 4.69) is 22.6 Å². The Morgan fingerprint density at radius 1 is 1.17 bits per heavy atom. The SMILES string of the molecule is NC(=O)OCc1ccc([C@H]2CC[C@@H](CC(=NO)Nc3cccc(Cl)c3)CC2)cc1. The van der Waals surface area contributed by atoms with E-state index in [0.717, 1.165) is 36.9 Å². The molecule has 0 aliphatic heterocycles. The summed E-state index contributed by atoms with van der Waals surface area (Å²) in [7, 11) is 0. The Morgan fingerprint density at radius 2 is 1.90 bits per heavy atom. The van der Waals surface area contributed by atoms with Crippen molar-refractivity contribution in [3.05, 3.63) is 64.7 Å². The average molecular weight is 416 g/mol. The number of nitrogens with one attached hydrogen (secondary N) is 1. The van der Waals surface area contributed by atoms with Crippen LogP contribution in [0.5, 0.6) is 0 Å². The van der Waals surface area contributed by atoms with Crippen molar-refractivity contribution in [3.8, 4) is 0 Å². The van der Waals surface area contributed by atoms with Gasteiger partial charge in [0.2, 0.25) is 0 Å². The molecule has 2 aromatic rings. The number of hydrogen-bond acceptors (Lipinski definition) is 4. The Hall–Kier alpha value is -2.73. The minimum absolute atomic E-state index is 0.200. The van der Waals surface area contributed by atoms with Crippen LogP contribution < -0.4 is 11.1 Å². The number of oxime groups is 1. The van der Waals surface area contributed by atoms with Gasteiger partial charge in [0.15, 0.2) is 0 Å². The summed E-state index contributed by atoms with van der Waals surface area (Å²) in [6.45, 7) is 0.200. The lowest BCUT2D eigenvalue weighted by Crippen LogP contribution is -2.21. The van der Waals surface area contributed by atoms with Crippen LogP contribution in [0, 0.1) is 5.92 Å². The summed E-state index contributed by atoms with van der Waals surface area (Å²) < 4.78 is 4.82. The summed E-state index contributed by atoms with van der Waals surface area (Å²) in [5.41, 5.74) is 8.05. The zero-order chi connectivity index (χ0) is 20.6. The van der Waals surface area contributed by atoms with Crippen molar-refractivity contribution in [1.29, 1.82) is 0 Å². The molecule has 0 saturated heterocycles. The Kier molecular flexibility index (Phi) is 7.36. The first-order chi connectivity index (χ1) is 14.0. The molecule has 0 spiro atoms. The van der Waals surface area contributed by atoms with Gasteiger partial charge in [-0.3, -0.25) is 0 Å². The highest BCUT2D eigenvalue weighted by molar-refractivity contribution is 6.30. The molecule has 2 aromatic carbocycles. The van der Waals surface area contributed by atoms with Gasteiger partial charge in [-0.25, -0.2) is 4.79 Å². The van der Waals surface area contributed by atoms with Gasteiger partial charge in [-0.2, -0.15) is 0 Å². The molecule has 0 heterocycles. The van der Waals surface area contributed by atoms with Crippen LogP contribution >= 0.6 is 11.6 Å². The first-order valence-corrected chi connectivity index (χ1v) is 10.2. The van der Waals surface area contributed by atoms with Gasteiger partial charge in [0.25, 0.3) is 0 Å². The third-order valence-corrected chi connectivity index (χ3v) is 5.63. The summed E-state index contributed by atoms with van der Waals surface area (Å²) in [6, 6.07) is 15.5. The largest absolute Gasteiger partial charge is 0.445 e. The van der Waals surface area contributed by atoms with Gasteiger partial charge < -0.3 is 21.0 Å². The summed E-state index contributed by atoms with van der Waals surface area (Å²) in [5.74, 6) is 1.56. The van der Waals surface area contributed by atoms with Crippen LogP contribution in [0.4, 0.5) is 10.5 Å². The van der Waals surface area contributed by atoms with Crippen LogP contribution in [-0.2, 0) is 11.3 Å². The monoisotopic (exact) mass is 415 g/mol. The Morgan fingerprint density at radius 3 is 2.52 bits per heavy atom. The Balaban J connectivity index is 1.49. The molecule has 1 aliphatic rings. The molecule has 29 heavy (non-hydrogen) atoms. The second-order valence-corrected chi connectivity index (χ2v) is 7.89. The molecule has 1 fully saturated rings. The number of primary amides is 1. The van der Waals surface area contributed by atoms with Crippen molar-refractivity contribution in [1.82, 2.24) is 0 Å². The van der Waals surface area contributed by atoms with Crippen molar-refractivity contribution in [2.45, 2.75) is 44.6 Å². The molecule has 0 atom stereocenters. The molecule has 0 radical (unpaired) electrons. The summed E-state index contributed by atoms with van der Waals surface area (Å²) in [5, 5.41) is 16.6. The number of hydrogen-bond donors (Lipinski definition) is 3. The smallest absolute Gasteiger partial charge is 0.404 e. The fourth-order valence-corrected chi connectivity index (χ4v) is 4.05. The second-order valence-electron chi connectivity index (χ2n) is 7.45. The molecule has 3 rings (SSSR count). The summed E-state index contributed by atoms with van der Waals surface area (Å²) >= 11 is 6.01. The van der Waals surface area contributed by atoms with E-state index in [1.54, 1.807) is 6.07 Å². The number of rotatable bonds is 6. The lowest BCUT2D eigenvalue weighted by Gasteiger charge is -2.29. The fourth-order valence-electron chi connectivity index (χ4n) is 3.86. The van der Waals surface area contributed by atoms with Gasteiger partial charge >= 0.3 is 6.09 Å². The highest BCUT2D eigenvalue weighted by Crippen LogP contribution is 2.37. The summed E-state index contributed by atoms with van der Waals surface area (Å²) in [4.78, 5) is 10.7. The number of halogens is 1. The van der Waals surface area contributed by atoms with Gasteiger partial charge in [-0.1, -0.05) is 47.1 Å². The van der Waals surface area contributed by atoms with E-state index >= 15 is 0 Å². The van der Waals surface area contributed by atoms with Crippen LogP contribution in [0.25, 0.3) is 0 Å². The predicted octanol–water partition coefficient (Wildman–Crippen LogP) is 5.50. The molecular formula is C22H26ClN3O3. The van der Waals surface area contributed by atoms with Crippen molar-refractivity contribution in [2.75, 3.05) is 5.32 Å².